The van der Waals surface area contributed by atoms with Crippen LogP contribution in [0.25, 0.3) is 0 Å². The monoisotopic (exact) mass is 261 g/mol. The molecule has 2 rings (SSSR count). The van der Waals surface area contributed by atoms with Gasteiger partial charge in [0.15, 0.2) is 5.88 Å². The maximum Gasteiger partial charge on any atom is 0.198 e. The summed E-state index contributed by atoms with van der Waals surface area (Å²) < 4.78 is 5.46. The lowest BCUT2D eigenvalue weighted by molar-refractivity contribution is 0.551. The van der Waals surface area contributed by atoms with E-state index < -0.39 is 0 Å². The van der Waals surface area contributed by atoms with Crippen molar-refractivity contribution in [3.8, 4) is 0 Å². The summed E-state index contributed by atoms with van der Waals surface area (Å²) in [4.78, 5) is 10.5. The molecule has 0 aliphatic carbocycles. The van der Waals surface area contributed by atoms with E-state index in [2.05, 4.69) is 25.5 Å². The molecule has 0 aliphatic rings. The number of furan rings is 1. The van der Waals surface area contributed by atoms with Crippen molar-refractivity contribution >= 4 is 17.5 Å². The number of aromatic nitrogens is 2. The molecule has 0 fully saturated rings. The zero-order chi connectivity index (χ0) is 13.7. The number of hydrogen-bond donors (Lipinski definition) is 2. The van der Waals surface area contributed by atoms with Gasteiger partial charge in [0.25, 0.3) is 0 Å². The Balaban J connectivity index is 2.06. The highest BCUT2D eigenvalue weighted by atomic mass is 16.4. The fraction of sp³-hybridized carbons (Fsp3) is 0.385. The van der Waals surface area contributed by atoms with Crippen LogP contribution in [0.5, 0.6) is 0 Å². The van der Waals surface area contributed by atoms with Crippen molar-refractivity contribution in [1.29, 1.82) is 0 Å². The van der Waals surface area contributed by atoms with E-state index >= 15 is 0 Å². The summed E-state index contributed by atoms with van der Waals surface area (Å²) in [5.74, 6) is 3.13. The van der Waals surface area contributed by atoms with Crippen molar-refractivity contribution in [3.05, 3.63) is 30.3 Å². The maximum absolute atomic E-state index is 5.46. The average Bonchev–Trinajstić information content (AvgIpc) is 2.81. The first-order chi connectivity index (χ1) is 9.19. The zero-order valence-electron chi connectivity index (χ0n) is 11.5. The number of nitrogens with zero attached hydrogens (tertiary/aromatic N) is 3. The summed E-state index contributed by atoms with van der Waals surface area (Å²) in [5, 5.41) is 6.23. The van der Waals surface area contributed by atoms with Crippen LogP contribution >= 0.6 is 0 Å². The summed E-state index contributed by atoms with van der Waals surface area (Å²) in [5.41, 5.74) is 0. The van der Waals surface area contributed by atoms with E-state index in [1.54, 1.807) is 6.33 Å². The first kappa shape index (κ1) is 13.4. The molecule has 102 valence electrons. The second-order valence-electron chi connectivity index (χ2n) is 4.32. The Hall–Kier alpha value is -2.08. The van der Waals surface area contributed by atoms with Crippen molar-refractivity contribution in [2.45, 2.75) is 6.92 Å². The third-order valence-electron chi connectivity index (χ3n) is 2.73. The second kappa shape index (κ2) is 6.19. The van der Waals surface area contributed by atoms with Crippen molar-refractivity contribution in [2.75, 3.05) is 37.4 Å². The van der Waals surface area contributed by atoms with Gasteiger partial charge in [-0.05, 0) is 20.0 Å². The molecule has 0 amide bonds. The maximum atomic E-state index is 5.46. The minimum absolute atomic E-state index is 0.681. The number of aryl methyl sites for hydroxylation is 1. The molecule has 6 nitrogen and oxygen atoms in total. The molecule has 0 aromatic carbocycles. The molecule has 0 radical (unpaired) electrons. The predicted octanol–water partition coefficient (Wildman–Crippen LogP) is 1.78. The van der Waals surface area contributed by atoms with Crippen LogP contribution in [0.2, 0.25) is 0 Å². The summed E-state index contributed by atoms with van der Waals surface area (Å²) in [6, 6.07) is 5.68. The molecule has 19 heavy (non-hydrogen) atoms. The van der Waals surface area contributed by atoms with Crippen LogP contribution < -0.4 is 15.5 Å². The van der Waals surface area contributed by atoms with E-state index in [-0.39, 0.29) is 0 Å². The minimum Gasteiger partial charge on any atom is -0.446 e. The van der Waals surface area contributed by atoms with Gasteiger partial charge in [0.1, 0.15) is 23.7 Å². The van der Waals surface area contributed by atoms with E-state index in [0.29, 0.717) is 5.88 Å². The van der Waals surface area contributed by atoms with Crippen molar-refractivity contribution in [3.63, 3.8) is 0 Å². The highest BCUT2D eigenvalue weighted by molar-refractivity contribution is 5.55. The van der Waals surface area contributed by atoms with Crippen LogP contribution in [0.4, 0.5) is 17.5 Å². The second-order valence-corrected chi connectivity index (χ2v) is 4.32. The SMILES string of the molecule is CNCCN(C)c1cc(Nc2ccc(C)o2)ncn1. The lowest BCUT2D eigenvalue weighted by atomic mass is 10.4. The van der Waals surface area contributed by atoms with Gasteiger partial charge < -0.3 is 20.0 Å². The number of hydrogen-bond acceptors (Lipinski definition) is 6. The van der Waals surface area contributed by atoms with Gasteiger partial charge in [-0.1, -0.05) is 0 Å². The highest BCUT2D eigenvalue weighted by Gasteiger charge is 2.05. The Labute approximate surface area is 112 Å². The molecule has 0 unspecified atom stereocenters. The predicted molar refractivity (Wildman–Crippen MR) is 76.0 cm³/mol. The smallest absolute Gasteiger partial charge is 0.198 e. The number of anilines is 3. The van der Waals surface area contributed by atoms with Gasteiger partial charge in [0, 0.05) is 32.3 Å². The van der Waals surface area contributed by atoms with Crippen LogP contribution in [0.3, 0.4) is 0 Å². The number of nitrogens with one attached hydrogen (secondary N) is 2. The molecule has 0 spiro atoms. The Bertz CT molecular complexity index is 525. The van der Waals surface area contributed by atoms with E-state index in [0.717, 1.165) is 30.5 Å². The van der Waals surface area contributed by atoms with Gasteiger partial charge in [0.2, 0.25) is 0 Å². The molecule has 0 atom stereocenters. The summed E-state index contributed by atoms with van der Waals surface area (Å²) in [6.07, 6.45) is 1.54. The van der Waals surface area contributed by atoms with Crippen molar-refractivity contribution in [2.24, 2.45) is 0 Å². The lowest BCUT2D eigenvalue weighted by Crippen LogP contribution is -2.27. The Kier molecular flexibility index (Phi) is 4.35. The lowest BCUT2D eigenvalue weighted by Gasteiger charge is -2.18. The molecule has 0 aliphatic heterocycles. The van der Waals surface area contributed by atoms with Crippen molar-refractivity contribution < 1.29 is 4.42 Å². The normalized spacial score (nSPS) is 10.5. The van der Waals surface area contributed by atoms with Gasteiger partial charge in [-0.3, -0.25) is 0 Å². The topological polar surface area (TPSA) is 66.2 Å². The fourth-order valence-corrected chi connectivity index (χ4v) is 1.65. The van der Waals surface area contributed by atoms with Gasteiger partial charge in [-0.15, -0.1) is 0 Å². The van der Waals surface area contributed by atoms with E-state index in [9.17, 15) is 0 Å². The summed E-state index contributed by atoms with van der Waals surface area (Å²) >= 11 is 0. The summed E-state index contributed by atoms with van der Waals surface area (Å²) in [6.45, 7) is 3.69. The van der Waals surface area contributed by atoms with Crippen LogP contribution in [0.1, 0.15) is 5.76 Å². The molecule has 0 saturated heterocycles. The molecule has 2 N–H and O–H groups in total. The van der Waals surface area contributed by atoms with Crippen LogP contribution in [0.15, 0.2) is 28.9 Å². The molecule has 0 saturated carbocycles. The van der Waals surface area contributed by atoms with Crippen LogP contribution in [-0.2, 0) is 0 Å². The van der Waals surface area contributed by atoms with Gasteiger partial charge in [0.05, 0.1) is 0 Å². The van der Waals surface area contributed by atoms with E-state index in [1.165, 1.54) is 0 Å². The van der Waals surface area contributed by atoms with Gasteiger partial charge in [-0.25, -0.2) is 9.97 Å². The van der Waals surface area contributed by atoms with E-state index in [4.69, 9.17) is 4.42 Å². The highest BCUT2D eigenvalue weighted by Crippen LogP contribution is 2.19. The van der Waals surface area contributed by atoms with Crippen LogP contribution in [0, 0.1) is 6.92 Å². The van der Waals surface area contributed by atoms with Crippen LogP contribution in [-0.4, -0.2) is 37.2 Å². The number of likely N-dealkylation sites (N-methyl/N-ethyl adjacent to an activating group) is 2. The third-order valence-corrected chi connectivity index (χ3v) is 2.73. The van der Waals surface area contributed by atoms with E-state index in [1.807, 2.05) is 39.2 Å². The quantitative estimate of drug-likeness (QED) is 0.826. The third kappa shape index (κ3) is 3.69. The molecule has 0 bridgehead atoms. The molecular weight excluding hydrogens is 242 g/mol. The molecule has 2 aromatic heterocycles. The Morgan fingerprint density at radius 2 is 2.16 bits per heavy atom. The Morgan fingerprint density at radius 3 is 2.84 bits per heavy atom. The first-order valence-corrected chi connectivity index (χ1v) is 6.20. The first-order valence-electron chi connectivity index (χ1n) is 6.20. The number of rotatable bonds is 6. The molecular formula is C13H19N5O. The molecule has 2 aromatic rings. The fourth-order valence-electron chi connectivity index (χ4n) is 1.65. The molecule has 6 heteroatoms. The average molecular weight is 261 g/mol. The largest absolute Gasteiger partial charge is 0.446 e. The summed E-state index contributed by atoms with van der Waals surface area (Å²) in [7, 11) is 3.93. The zero-order valence-corrected chi connectivity index (χ0v) is 11.5. The van der Waals surface area contributed by atoms with Gasteiger partial charge >= 0.3 is 0 Å². The Morgan fingerprint density at radius 1 is 1.32 bits per heavy atom. The van der Waals surface area contributed by atoms with Crippen molar-refractivity contribution in [1.82, 2.24) is 15.3 Å². The minimum atomic E-state index is 0.681. The molecule has 2 heterocycles. The standard InChI is InChI=1S/C13H19N5O/c1-10-4-5-13(19-10)17-11-8-12(16-9-15-11)18(3)7-6-14-2/h4-5,8-9,14H,6-7H2,1-3H3,(H,15,16,17). The van der Waals surface area contributed by atoms with Gasteiger partial charge in [-0.2, -0.15) is 0 Å².